The monoisotopic (exact) mass is 364 g/mol. The number of piperazine rings is 1. The molecule has 3 rings (SSSR count). The number of benzene rings is 2. The molecule has 25 heavy (non-hydrogen) atoms. The molecule has 0 amide bonds. The highest BCUT2D eigenvalue weighted by Crippen LogP contribution is 2.24. The highest BCUT2D eigenvalue weighted by atomic mass is 32.2. The first-order valence-corrected chi connectivity index (χ1v) is 9.51. The van der Waals surface area contributed by atoms with Gasteiger partial charge in [-0.1, -0.05) is 0 Å². The average molecular weight is 364 g/mol. The van der Waals surface area contributed by atoms with Crippen LogP contribution in [0.1, 0.15) is 5.56 Å². The van der Waals surface area contributed by atoms with E-state index in [2.05, 4.69) is 4.90 Å². The maximum absolute atomic E-state index is 13.4. The van der Waals surface area contributed by atoms with Crippen LogP contribution in [0.25, 0.3) is 0 Å². The van der Waals surface area contributed by atoms with Crippen LogP contribution in [-0.4, -0.2) is 46.0 Å². The van der Waals surface area contributed by atoms with Gasteiger partial charge in [0.2, 0.25) is 10.0 Å². The van der Waals surface area contributed by atoms with Crippen LogP contribution in [0.15, 0.2) is 47.4 Å². The van der Waals surface area contributed by atoms with Crippen molar-refractivity contribution in [3.63, 3.8) is 0 Å². The summed E-state index contributed by atoms with van der Waals surface area (Å²) in [6.07, 6.45) is 0. The summed E-state index contributed by atoms with van der Waals surface area (Å²) in [7, 11) is -1.98. The van der Waals surface area contributed by atoms with Gasteiger partial charge in [-0.3, -0.25) is 0 Å². The van der Waals surface area contributed by atoms with Gasteiger partial charge >= 0.3 is 0 Å². The molecule has 0 radical (unpaired) electrons. The van der Waals surface area contributed by atoms with Crippen LogP contribution < -0.4 is 9.64 Å². The van der Waals surface area contributed by atoms with Gasteiger partial charge in [-0.15, -0.1) is 0 Å². The lowest BCUT2D eigenvalue weighted by molar-refractivity contribution is 0.384. The fourth-order valence-corrected chi connectivity index (χ4v) is 4.41. The van der Waals surface area contributed by atoms with Crippen molar-refractivity contribution in [2.24, 2.45) is 0 Å². The van der Waals surface area contributed by atoms with E-state index in [0.29, 0.717) is 31.7 Å². The zero-order valence-electron chi connectivity index (χ0n) is 14.3. The zero-order valence-corrected chi connectivity index (χ0v) is 15.1. The molecule has 7 heteroatoms. The molecule has 0 atom stereocenters. The van der Waals surface area contributed by atoms with Crippen LogP contribution in [0.2, 0.25) is 0 Å². The number of sulfonamides is 1. The van der Waals surface area contributed by atoms with E-state index in [9.17, 15) is 12.8 Å². The molecule has 1 aliphatic rings. The number of aryl methyl sites for hydroxylation is 1. The minimum Gasteiger partial charge on any atom is -0.497 e. The number of hydrogen-bond acceptors (Lipinski definition) is 4. The predicted molar refractivity (Wildman–Crippen MR) is 95.1 cm³/mol. The highest BCUT2D eigenvalue weighted by Gasteiger charge is 2.28. The van der Waals surface area contributed by atoms with Crippen molar-refractivity contribution >= 4 is 15.7 Å². The van der Waals surface area contributed by atoms with Gasteiger partial charge < -0.3 is 9.64 Å². The lowest BCUT2D eigenvalue weighted by Crippen LogP contribution is -2.48. The van der Waals surface area contributed by atoms with Gasteiger partial charge in [0.05, 0.1) is 12.0 Å². The molecule has 1 aliphatic heterocycles. The summed E-state index contributed by atoms with van der Waals surface area (Å²) in [6.45, 7) is 3.56. The third-order valence-corrected chi connectivity index (χ3v) is 6.34. The number of nitrogens with zero attached hydrogens (tertiary/aromatic N) is 2. The van der Waals surface area contributed by atoms with Crippen molar-refractivity contribution in [3.05, 3.63) is 53.8 Å². The van der Waals surface area contributed by atoms with Crippen LogP contribution >= 0.6 is 0 Å². The minimum absolute atomic E-state index is 0.143. The number of ether oxygens (including phenoxy) is 1. The molecule has 1 heterocycles. The number of halogens is 1. The molecule has 0 unspecified atom stereocenters. The summed E-state index contributed by atoms with van der Waals surface area (Å²) >= 11 is 0. The molecule has 0 N–H and O–H groups in total. The Morgan fingerprint density at radius 2 is 1.64 bits per heavy atom. The second kappa shape index (κ2) is 7.01. The summed E-state index contributed by atoms with van der Waals surface area (Å²) in [5.41, 5.74) is 1.37. The summed E-state index contributed by atoms with van der Waals surface area (Å²) in [6, 6.07) is 11.6. The van der Waals surface area contributed by atoms with Gasteiger partial charge in [0.1, 0.15) is 11.6 Å². The third-order valence-electron chi connectivity index (χ3n) is 4.44. The number of rotatable bonds is 4. The van der Waals surface area contributed by atoms with Gasteiger partial charge in [-0.2, -0.15) is 4.31 Å². The van der Waals surface area contributed by atoms with Gasteiger partial charge in [-0.05, 0) is 55.0 Å². The predicted octanol–water partition coefficient (Wildman–Crippen LogP) is 2.65. The van der Waals surface area contributed by atoms with E-state index < -0.39 is 15.8 Å². The summed E-state index contributed by atoms with van der Waals surface area (Å²) < 4.78 is 45.5. The van der Waals surface area contributed by atoms with E-state index in [1.807, 2.05) is 24.3 Å². The topological polar surface area (TPSA) is 49.9 Å². The van der Waals surface area contributed by atoms with Gasteiger partial charge in [-0.25, -0.2) is 12.8 Å². The SMILES string of the molecule is COc1ccc(N2CCN(S(=O)(=O)c3ccc(F)c(C)c3)CC2)cc1. The lowest BCUT2D eigenvalue weighted by atomic mass is 10.2. The molecule has 0 aliphatic carbocycles. The van der Waals surface area contributed by atoms with E-state index in [1.165, 1.54) is 22.5 Å². The fraction of sp³-hybridized carbons (Fsp3) is 0.333. The van der Waals surface area contributed by atoms with E-state index in [1.54, 1.807) is 14.0 Å². The van der Waals surface area contributed by atoms with Gasteiger partial charge in [0, 0.05) is 31.9 Å². The standard InChI is InChI=1S/C18H21FN2O3S/c1-14-13-17(7-8-18(14)19)25(22,23)21-11-9-20(10-12-21)15-3-5-16(24-2)6-4-15/h3-8,13H,9-12H2,1-2H3. The van der Waals surface area contributed by atoms with Crippen molar-refractivity contribution in [1.29, 1.82) is 0 Å². The van der Waals surface area contributed by atoms with Crippen molar-refractivity contribution in [1.82, 2.24) is 4.31 Å². The highest BCUT2D eigenvalue weighted by molar-refractivity contribution is 7.89. The largest absolute Gasteiger partial charge is 0.497 e. The number of methoxy groups -OCH3 is 1. The number of hydrogen-bond donors (Lipinski definition) is 0. The smallest absolute Gasteiger partial charge is 0.243 e. The lowest BCUT2D eigenvalue weighted by Gasteiger charge is -2.35. The van der Waals surface area contributed by atoms with Crippen LogP contribution in [0.3, 0.4) is 0 Å². The molecule has 1 fully saturated rings. The third kappa shape index (κ3) is 3.62. The molecule has 1 saturated heterocycles. The Balaban J connectivity index is 1.71. The second-order valence-electron chi connectivity index (χ2n) is 6.00. The van der Waals surface area contributed by atoms with Gasteiger partial charge in [0.15, 0.2) is 0 Å². The molecule has 134 valence electrons. The molecule has 0 aromatic heterocycles. The number of anilines is 1. The first-order valence-electron chi connectivity index (χ1n) is 8.07. The maximum Gasteiger partial charge on any atom is 0.243 e. The summed E-state index contributed by atoms with van der Waals surface area (Å²) in [5, 5.41) is 0. The van der Waals surface area contributed by atoms with Crippen LogP contribution in [0.4, 0.5) is 10.1 Å². The Morgan fingerprint density at radius 3 is 2.20 bits per heavy atom. The van der Waals surface area contributed by atoms with Gasteiger partial charge in [0.25, 0.3) is 0 Å². The molecule has 2 aromatic rings. The molecule has 2 aromatic carbocycles. The quantitative estimate of drug-likeness (QED) is 0.837. The second-order valence-corrected chi connectivity index (χ2v) is 7.94. The average Bonchev–Trinajstić information content (AvgIpc) is 2.64. The summed E-state index contributed by atoms with van der Waals surface area (Å²) in [4.78, 5) is 2.28. The van der Waals surface area contributed by atoms with Crippen molar-refractivity contribution in [3.8, 4) is 5.75 Å². The Morgan fingerprint density at radius 1 is 1.00 bits per heavy atom. The Kier molecular flexibility index (Phi) is 4.96. The molecule has 5 nitrogen and oxygen atoms in total. The van der Waals surface area contributed by atoms with Crippen LogP contribution in [-0.2, 0) is 10.0 Å². The molecule has 0 saturated carbocycles. The Hall–Kier alpha value is -2.12. The van der Waals surface area contributed by atoms with Crippen molar-refractivity contribution in [2.45, 2.75) is 11.8 Å². The Bertz CT molecular complexity index is 845. The van der Waals surface area contributed by atoms with Crippen LogP contribution in [0.5, 0.6) is 5.75 Å². The van der Waals surface area contributed by atoms with Crippen molar-refractivity contribution < 1.29 is 17.5 Å². The van der Waals surface area contributed by atoms with E-state index in [-0.39, 0.29) is 4.90 Å². The van der Waals surface area contributed by atoms with Crippen molar-refractivity contribution in [2.75, 3.05) is 38.2 Å². The Labute approximate surface area is 147 Å². The molecular formula is C18H21FN2O3S. The van der Waals surface area contributed by atoms with E-state index >= 15 is 0 Å². The zero-order chi connectivity index (χ0) is 18.0. The summed E-state index contributed by atoms with van der Waals surface area (Å²) in [5.74, 6) is 0.389. The first-order chi connectivity index (χ1) is 11.9. The normalized spacial score (nSPS) is 16.0. The molecular weight excluding hydrogens is 343 g/mol. The first kappa shape index (κ1) is 17.7. The molecule has 0 spiro atoms. The van der Waals surface area contributed by atoms with E-state index in [4.69, 9.17) is 4.74 Å². The van der Waals surface area contributed by atoms with Crippen LogP contribution in [0, 0.1) is 12.7 Å². The maximum atomic E-state index is 13.4. The minimum atomic E-state index is -3.60. The fourth-order valence-electron chi connectivity index (χ4n) is 2.91. The molecule has 0 bridgehead atoms. The van der Waals surface area contributed by atoms with E-state index in [0.717, 1.165) is 11.4 Å².